The van der Waals surface area contributed by atoms with E-state index >= 15 is 0 Å². The number of rotatable bonds is 2. The van der Waals surface area contributed by atoms with Crippen LogP contribution in [-0.4, -0.2) is 15.7 Å². The second kappa shape index (κ2) is 6.61. The predicted octanol–water partition coefficient (Wildman–Crippen LogP) is 5.63. The van der Waals surface area contributed by atoms with Gasteiger partial charge in [-0.15, -0.1) is 0 Å². The third-order valence-electron chi connectivity index (χ3n) is 3.61. The van der Waals surface area contributed by atoms with Gasteiger partial charge in [-0.1, -0.05) is 44.0 Å². The van der Waals surface area contributed by atoms with Crippen molar-refractivity contribution in [1.82, 2.24) is 9.78 Å². The molecule has 136 valence electrons. The van der Waals surface area contributed by atoms with Crippen molar-refractivity contribution in [3.63, 3.8) is 0 Å². The van der Waals surface area contributed by atoms with E-state index in [9.17, 15) is 9.18 Å². The number of nitrogens with one attached hydrogen (secondary N) is 1. The average Bonchev–Trinajstić information content (AvgIpc) is 2.86. The Morgan fingerprint density at radius 1 is 1.08 bits per heavy atom. The number of carbonyl (C=O) groups excluding carboxylic acids is 1. The van der Waals surface area contributed by atoms with Crippen LogP contribution >= 0.6 is 23.2 Å². The molecule has 0 unspecified atom stereocenters. The number of nitrogens with zero attached hydrogens (tertiary/aromatic N) is 2. The van der Waals surface area contributed by atoms with Crippen LogP contribution in [0.1, 0.15) is 57.6 Å². The molecule has 0 saturated heterocycles. The molecule has 0 fully saturated rings. The third kappa shape index (κ3) is 4.33. The van der Waals surface area contributed by atoms with E-state index in [1.807, 2.05) is 47.6 Å². The van der Waals surface area contributed by atoms with Crippen LogP contribution in [0.3, 0.4) is 0 Å². The molecule has 4 nitrogen and oxygen atoms in total. The summed E-state index contributed by atoms with van der Waals surface area (Å²) >= 11 is 11.7. The van der Waals surface area contributed by atoms with Gasteiger partial charge >= 0.3 is 0 Å². The van der Waals surface area contributed by atoms with Crippen molar-refractivity contribution in [1.29, 1.82) is 0 Å². The van der Waals surface area contributed by atoms with Crippen molar-refractivity contribution < 1.29 is 9.18 Å². The first-order valence-electron chi connectivity index (χ1n) is 7.87. The van der Waals surface area contributed by atoms with Crippen molar-refractivity contribution >= 4 is 34.9 Å². The van der Waals surface area contributed by atoms with Gasteiger partial charge in [0.25, 0.3) is 5.91 Å². The zero-order chi connectivity index (χ0) is 19.2. The van der Waals surface area contributed by atoms with Gasteiger partial charge in [0.1, 0.15) is 11.6 Å². The van der Waals surface area contributed by atoms with E-state index in [2.05, 4.69) is 10.4 Å². The molecule has 0 bridgehead atoms. The summed E-state index contributed by atoms with van der Waals surface area (Å²) in [5, 5.41) is 7.36. The Morgan fingerprint density at radius 3 is 2.20 bits per heavy atom. The lowest BCUT2D eigenvalue weighted by atomic mass is 9.92. The largest absolute Gasteiger partial charge is 0.307 e. The standard InChI is InChI=1S/C18H22Cl2FN3O/c1-17(2,3)14-9-15(24(23-14)18(4,5)6)22-16(25)10-7-13(21)12(20)8-11(10)19/h7-9H,1-6H3,(H,22,25). The molecule has 0 aliphatic heterocycles. The number of carbonyl (C=O) groups is 1. The normalized spacial score (nSPS) is 12.4. The van der Waals surface area contributed by atoms with E-state index in [1.54, 1.807) is 4.68 Å². The molecule has 1 N–H and O–H groups in total. The number of aromatic nitrogens is 2. The van der Waals surface area contributed by atoms with Crippen molar-refractivity contribution in [2.45, 2.75) is 52.5 Å². The zero-order valence-electron chi connectivity index (χ0n) is 15.2. The molecule has 1 aromatic heterocycles. The van der Waals surface area contributed by atoms with Crippen molar-refractivity contribution in [3.05, 3.63) is 45.3 Å². The van der Waals surface area contributed by atoms with Gasteiger partial charge in [0.2, 0.25) is 0 Å². The van der Waals surface area contributed by atoms with Gasteiger partial charge in [-0.3, -0.25) is 4.79 Å². The third-order valence-corrected chi connectivity index (χ3v) is 4.21. The molecule has 7 heteroatoms. The molecule has 1 aromatic carbocycles. The highest BCUT2D eigenvalue weighted by Gasteiger charge is 2.26. The highest BCUT2D eigenvalue weighted by atomic mass is 35.5. The first-order chi connectivity index (χ1) is 11.3. The Labute approximate surface area is 157 Å². The summed E-state index contributed by atoms with van der Waals surface area (Å²) in [6.07, 6.45) is 0. The van der Waals surface area contributed by atoms with Crippen LogP contribution in [-0.2, 0) is 11.0 Å². The summed E-state index contributed by atoms with van der Waals surface area (Å²) in [5.41, 5.74) is 0.329. The minimum atomic E-state index is -0.698. The second-order valence-electron chi connectivity index (χ2n) is 7.95. The topological polar surface area (TPSA) is 46.9 Å². The summed E-state index contributed by atoms with van der Waals surface area (Å²) in [6, 6.07) is 4.07. The highest BCUT2D eigenvalue weighted by molar-refractivity contribution is 6.37. The van der Waals surface area contributed by atoms with Crippen LogP contribution in [0.2, 0.25) is 10.0 Å². The summed E-state index contributed by atoms with van der Waals surface area (Å²) < 4.78 is 15.4. The Morgan fingerprint density at radius 2 is 1.68 bits per heavy atom. The minimum absolute atomic E-state index is 0.0162. The van der Waals surface area contributed by atoms with Crippen molar-refractivity contribution in [2.75, 3.05) is 5.32 Å². The van der Waals surface area contributed by atoms with Gasteiger partial charge in [0, 0.05) is 11.5 Å². The molecule has 2 rings (SSSR count). The lowest BCUT2D eigenvalue weighted by molar-refractivity contribution is 0.102. The Balaban J connectivity index is 2.44. The molecule has 0 radical (unpaired) electrons. The van der Waals surface area contributed by atoms with E-state index in [0.717, 1.165) is 11.8 Å². The quantitative estimate of drug-likeness (QED) is 0.680. The smallest absolute Gasteiger partial charge is 0.258 e. The highest BCUT2D eigenvalue weighted by Crippen LogP contribution is 2.30. The van der Waals surface area contributed by atoms with Crippen molar-refractivity contribution in [3.8, 4) is 0 Å². The maximum Gasteiger partial charge on any atom is 0.258 e. The Bertz CT molecular complexity index is 817. The molecule has 25 heavy (non-hydrogen) atoms. The molecule has 1 heterocycles. The molecular formula is C18H22Cl2FN3O. The number of halogens is 3. The van der Waals surface area contributed by atoms with Gasteiger partial charge < -0.3 is 5.32 Å². The fourth-order valence-electron chi connectivity index (χ4n) is 2.23. The van der Waals surface area contributed by atoms with E-state index in [1.165, 1.54) is 6.07 Å². The van der Waals surface area contributed by atoms with E-state index in [4.69, 9.17) is 23.2 Å². The maximum atomic E-state index is 13.7. The SMILES string of the molecule is CC(C)(C)c1cc(NC(=O)c2cc(F)c(Cl)cc2Cl)n(C(C)(C)C)n1. The molecule has 0 aliphatic carbocycles. The molecule has 0 aliphatic rings. The predicted molar refractivity (Wildman–Crippen MR) is 100 cm³/mol. The molecule has 0 saturated carbocycles. The van der Waals surface area contributed by atoms with Gasteiger partial charge in [-0.2, -0.15) is 5.10 Å². The summed E-state index contributed by atoms with van der Waals surface area (Å²) in [4.78, 5) is 12.6. The molecule has 2 aromatic rings. The number of amides is 1. The van der Waals surface area contributed by atoms with Gasteiger partial charge in [-0.25, -0.2) is 9.07 Å². The molecule has 0 spiro atoms. The van der Waals surface area contributed by atoms with Crippen molar-refractivity contribution in [2.24, 2.45) is 0 Å². The van der Waals surface area contributed by atoms with Crippen LogP contribution in [0.15, 0.2) is 18.2 Å². The minimum Gasteiger partial charge on any atom is -0.307 e. The van der Waals surface area contributed by atoms with Crippen LogP contribution in [0.4, 0.5) is 10.2 Å². The van der Waals surface area contributed by atoms with Gasteiger partial charge in [0.15, 0.2) is 0 Å². The van der Waals surface area contributed by atoms with Crippen LogP contribution in [0, 0.1) is 5.82 Å². The molecule has 1 amide bonds. The van der Waals surface area contributed by atoms with E-state index < -0.39 is 11.7 Å². The maximum absolute atomic E-state index is 13.7. The summed E-state index contributed by atoms with van der Waals surface area (Å²) in [6.45, 7) is 12.1. The van der Waals surface area contributed by atoms with Crippen LogP contribution in [0.5, 0.6) is 0 Å². The summed E-state index contributed by atoms with van der Waals surface area (Å²) in [5.74, 6) is -0.698. The molecule has 0 atom stereocenters. The number of hydrogen-bond acceptors (Lipinski definition) is 2. The number of benzene rings is 1. The van der Waals surface area contributed by atoms with E-state index in [-0.39, 0.29) is 26.6 Å². The number of anilines is 1. The average molecular weight is 386 g/mol. The summed E-state index contributed by atoms with van der Waals surface area (Å²) in [7, 11) is 0. The monoisotopic (exact) mass is 385 g/mol. The molecular weight excluding hydrogens is 364 g/mol. The fraction of sp³-hybridized carbons (Fsp3) is 0.444. The lowest BCUT2D eigenvalue weighted by Crippen LogP contribution is -2.27. The van der Waals surface area contributed by atoms with Gasteiger partial charge in [-0.05, 0) is 32.9 Å². The van der Waals surface area contributed by atoms with Crippen LogP contribution < -0.4 is 5.32 Å². The Hall–Kier alpha value is -1.59. The first-order valence-corrected chi connectivity index (χ1v) is 8.63. The van der Waals surface area contributed by atoms with Gasteiger partial charge in [0.05, 0.1) is 26.8 Å². The zero-order valence-corrected chi connectivity index (χ0v) is 16.7. The lowest BCUT2D eigenvalue weighted by Gasteiger charge is -2.23. The van der Waals surface area contributed by atoms with Crippen LogP contribution in [0.25, 0.3) is 0 Å². The number of hydrogen-bond donors (Lipinski definition) is 1. The fourth-order valence-corrected chi connectivity index (χ4v) is 2.70. The Kier molecular flexibility index (Phi) is 5.22. The van der Waals surface area contributed by atoms with E-state index in [0.29, 0.717) is 5.82 Å². The second-order valence-corrected chi connectivity index (χ2v) is 8.76. The first kappa shape index (κ1) is 19.7.